The van der Waals surface area contributed by atoms with Gasteiger partial charge in [0.15, 0.2) is 0 Å². The maximum Gasteiger partial charge on any atom is 0.101 e. The van der Waals surface area contributed by atoms with Gasteiger partial charge in [0.2, 0.25) is 0 Å². The van der Waals surface area contributed by atoms with Crippen LogP contribution in [0.3, 0.4) is 0 Å². The molecule has 0 spiro atoms. The fourth-order valence-corrected chi connectivity index (χ4v) is 8.33. The van der Waals surface area contributed by atoms with Gasteiger partial charge in [0, 0.05) is 13.1 Å². The zero-order valence-corrected chi connectivity index (χ0v) is 14.0. The summed E-state index contributed by atoms with van der Waals surface area (Å²) >= 11 is 0. The van der Waals surface area contributed by atoms with Crippen LogP contribution in [0.5, 0.6) is 0 Å². The van der Waals surface area contributed by atoms with E-state index in [-0.39, 0.29) is 4.75 Å². The van der Waals surface area contributed by atoms with E-state index in [1.54, 1.807) is 0 Å². The highest BCUT2D eigenvalue weighted by Gasteiger charge is 2.55. The van der Waals surface area contributed by atoms with Gasteiger partial charge in [-0.1, -0.05) is 24.3 Å². The number of fused-ring (bicyclic) bond motifs is 1. The molecule has 4 bridgehead atoms. The van der Waals surface area contributed by atoms with Crippen LogP contribution in [0.2, 0.25) is 0 Å². The minimum atomic E-state index is -0.785. The van der Waals surface area contributed by atoms with Crippen LogP contribution in [-0.2, 0) is 24.0 Å². The largest absolute Gasteiger partial charge is 0.242 e. The normalized spacial score (nSPS) is 41.4. The van der Waals surface area contributed by atoms with Crippen molar-refractivity contribution in [2.75, 3.05) is 6.54 Å². The lowest BCUT2D eigenvalue weighted by Crippen LogP contribution is -2.56. The van der Waals surface area contributed by atoms with E-state index >= 15 is 0 Å². The molecule has 1 heterocycles. The third-order valence-corrected chi connectivity index (χ3v) is 8.70. The number of nitrogens with zero attached hydrogens (tertiary/aromatic N) is 1. The molecule has 1 atom stereocenters. The molecule has 5 aliphatic rings. The summed E-state index contributed by atoms with van der Waals surface area (Å²) in [5.41, 5.74) is 2.85. The Morgan fingerprint density at radius 1 is 0.955 bits per heavy atom. The van der Waals surface area contributed by atoms with Gasteiger partial charge in [-0.15, -0.1) is 0 Å². The van der Waals surface area contributed by atoms with Crippen molar-refractivity contribution in [3.8, 4) is 0 Å². The predicted octanol–water partition coefficient (Wildman–Crippen LogP) is 3.68. The van der Waals surface area contributed by atoms with Crippen molar-refractivity contribution in [3.05, 3.63) is 35.4 Å². The van der Waals surface area contributed by atoms with E-state index < -0.39 is 11.0 Å². The smallest absolute Gasteiger partial charge is 0.101 e. The van der Waals surface area contributed by atoms with E-state index in [9.17, 15) is 4.21 Å². The first-order chi connectivity index (χ1) is 10.7. The van der Waals surface area contributed by atoms with Crippen LogP contribution in [0.4, 0.5) is 0 Å². The second kappa shape index (κ2) is 4.91. The van der Waals surface area contributed by atoms with Crippen LogP contribution < -0.4 is 0 Å². The van der Waals surface area contributed by atoms with E-state index in [1.807, 2.05) is 0 Å². The number of benzene rings is 1. The maximum atomic E-state index is 13.5. The topological polar surface area (TPSA) is 20.3 Å². The summed E-state index contributed by atoms with van der Waals surface area (Å²) in [7, 11) is -0.785. The van der Waals surface area contributed by atoms with Gasteiger partial charge >= 0.3 is 0 Å². The molecule has 0 amide bonds. The van der Waals surface area contributed by atoms with E-state index in [2.05, 4.69) is 28.6 Å². The van der Waals surface area contributed by atoms with Crippen LogP contribution >= 0.6 is 0 Å². The van der Waals surface area contributed by atoms with Crippen LogP contribution in [-0.4, -0.2) is 19.8 Å². The van der Waals surface area contributed by atoms with E-state index in [4.69, 9.17) is 0 Å². The summed E-state index contributed by atoms with van der Waals surface area (Å²) in [4.78, 5) is 0. The molecule has 1 aromatic rings. The summed E-state index contributed by atoms with van der Waals surface area (Å²) in [6, 6.07) is 8.71. The van der Waals surface area contributed by atoms with Crippen molar-refractivity contribution in [2.24, 2.45) is 17.8 Å². The molecule has 22 heavy (non-hydrogen) atoms. The molecule has 6 rings (SSSR count). The molecular weight excluding hydrogens is 290 g/mol. The second-order valence-electron chi connectivity index (χ2n) is 8.23. The van der Waals surface area contributed by atoms with Gasteiger partial charge < -0.3 is 0 Å². The maximum absolute atomic E-state index is 13.5. The zero-order chi connectivity index (χ0) is 14.7. The molecule has 0 unspecified atom stereocenters. The van der Waals surface area contributed by atoms with Crippen molar-refractivity contribution in [3.63, 3.8) is 0 Å². The van der Waals surface area contributed by atoms with Gasteiger partial charge in [-0.3, -0.25) is 0 Å². The average molecular weight is 315 g/mol. The Morgan fingerprint density at radius 3 is 2.18 bits per heavy atom. The average Bonchev–Trinajstić information content (AvgIpc) is 2.52. The predicted molar refractivity (Wildman–Crippen MR) is 89.6 cm³/mol. The Kier molecular flexibility index (Phi) is 3.07. The Labute approximate surface area is 135 Å². The Hall–Kier alpha value is -0.670. The highest BCUT2D eigenvalue weighted by Crippen LogP contribution is 2.58. The lowest BCUT2D eigenvalue weighted by atomic mass is 9.56. The summed E-state index contributed by atoms with van der Waals surface area (Å²) in [6.07, 6.45) is 9.07. The number of hydrogen-bond acceptors (Lipinski definition) is 1. The van der Waals surface area contributed by atoms with Crippen LogP contribution in [0.15, 0.2) is 24.3 Å². The fraction of sp³-hybridized carbons (Fsp3) is 0.684. The summed E-state index contributed by atoms with van der Waals surface area (Å²) in [6.45, 7) is 1.87. The van der Waals surface area contributed by atoms with Crippen LogP contribution in [0.25, 0.3) is 0 Å². The molecule has 118 valence electrons. The lowest BCUT2D eigenvalue weighted by Gasteiger charge is -2.56. The van der Waals surface area contributed by atoms with Gasteiger partial charge in [0.05, 0.1) is 4.75 Å². The van der Waals surface area contributed by atoms with Crippen molar-refractivity contribution in [1.29, 1.82) is 0 Å². The van der Waals surface area contributed by atoms with Crippen LogP contribution in [0.1, 0.15) is 49.7 Å². The van der Waals surface area contributed by atoms with E-state index in [0.29, 0.717) is 0 Å². The first-order valence-electron chi connectivity index (χ1n) is 8.96. The summed E-state index contributed by atoms with van der Waals surface area (Å²) in [5.74, 6) is 2.65. The van der Waals surface area contributed by atoms with Crippen molar-refractivity contribution in [2.45, 2.75) is 56.2 Å². The van der Waals surface area contributed by atoms with Crippen molar-refractivity contribution >= 4 is 11.0 Å². The second-order valence-corrected chi connectivity index (χ2v) is 10.1. The molecule has 0 radical (unpaired) electrons. The number of rotatable bonds is 2. The SMILES string of the molecule is O=[S@](N1CCc2ccccc2C1)C12CC3CC(CC(C3)C1)C2. The lowest BCUT2D eigenvalue weighted by molar-refractivity contribution is 0.0338. The highest BCUT2D eigenvalue weighted by atomic mass is 32.2. The first kappa shape index (κ1) is 13.7. The molecule has 3 heteroatoms. The Morgan fingerprint density at radius 2 is 1.55 bits per heavy atom. The molecule has 4 saturated carbocycles. The Bertz CT molecular complexity index is 590. The van der Waals surface area contributed by atoms with E-state index in [1.165, 1.54) is 49.7 Å². The standard InChI is InChI=1S/C19H25NOS/c21-22(20-6-5-17-3-1-2-4-18(17)13-20)19-10-14-7-15(11-19)9-16(8-14)12-19/h1-4,14-16H,5-13H2/t14?,15?,16?,19?,22-/m0/s1. The van der Waals surface area contributed by atoms with Gasteiger partial charge in [0.1, 0.15) is 11.0 Å². The number of hydrogen-bond donors (Lipinski definition) is 0. The highest BCUT2D eigenvalue weighted by molar-refractivity contribution is 7.84. The van der Waals surface area contributed by atoms with Gasteiger partial charge in [0.25, 0.3) is 0 Å². The fourth-order valence-electron chi connectivity index (χ4n) is 6.13. The minimum absolute atomic E-state index is 0.140. The summed E-state index contributed by atoms with van der Waals surface area (Å²) in [5, 5.41) is 0. The van der Waals surface area contributed by atoms with Crippen molar-refractivity contribution in [1.82, 2.24) is 4.31 Å². The monoisotopic (exact) mass is 315 g/mol. The van der Waals surface area contributed by atoms with Crippen molar-refractivity contribution < 1.29 is 4.21 Å². The quantitative estimate of drug-likeness (QED) is 0.815. The molecular formula is C19H25NOS. The van der Waals surface area contributed by atoms with E-state index in [0.717, 1.165) is 37.3 Å². The van der Waals surface area contributed by atoms with Gasteiger partial charge in [-0.25, -0.2) is 8.51 Å². The minimum Gasteiger partial charge on any atom is -0.242 e. The molecule has 2 nitrogen and oxygen atoms in total. The third kappa shape index (κ3) is 2.05. The molecule has 1 aromatic carbocycles. The van der Waals surface area contributed by atoms with Gasteiger partial charge in [-0.05, 0) is 73.8 Å². The molecule has 0 aromatic heterocycles. The molecule has 0 saturated heterocycles. The molecule has 1 aliphatic heterocycles. The van der Waals surface area contributed by atoms with Crippen LogP contribution in [0, 0.1) is 17.8 Å². The first-order valence-corrected chi connectivity index (χ1v) is 10.1. The third-order valence-electron chi connectivity index (χ3n) is 6.68. The zero-order valence-electron chi connectivity index (χ0n) is 13.2. The molecule has 4 aliphatic carbocycles. The van der Waals surface area contributed by atoms with Gasteiger partial charge in [-0.2, -0.15) is 0 Å². The summed E-state index contributed by atoms with van der Waals surface area (Å²) < 4.78 is 15.9. The Balaban J connectivity index is 1.41. The molecule has 0 N–H and O–H groups in total. The molecule has 4 fully saturated rings.